The van der Waals surface area contributed by atoms with Gasteiger partial charge in [-0.15, -0.1) is 0 Å². The first kappa shape index (κ1) is 17.3. The van der Waals surface area contributed by atoms with Gasteiger partial charge in [-0.2, -0.15) is 5.26 Å². The summed E-state index contributed by atoms with van der Waals surface area (Å²) in [6.07, 6.45) is 0.967. The van der Waals surface area contributed by atoms with Crippen molar-refractivity contribution >= 4 is 23.0 Å². The minimum absolute atomic E-state index is 0.0729. The second-order valence-corrected chi connectivity index (χ2v) is 6.43. The Kier molecular flexibility index (Phi) is 4.79. The number of aromatic nitrogens is 1. The van der Waals surface area contributed by atoms with Gasteiger partial charge in [-0.05, 0) is 44.5 Å². The van der Waals surface area contributed by atoms with E-state index >= 15 is 0 Å². The van der Waals surface area contributed by atoms with Gasteiger partial charge in [0.1, 0.15) is 11.6 Å². The maximum Gasteiger partial charge on any atom is 0.408 e. The number of nitriles is 1. The molecular formula is C17H19N3O4. The number of amides is 1. The normalized spacial score (nSPS) is 12.4. The van der Waals surface area contributed by atoms with Crippen LogP contribution in [0.3, 0.4) is 0 Å². The zero-order chi connectivity index (χ0) is 17.9. The number of hydrogen-bond donors (Lipinski definition) is 3. The van der Waals surface area contributed by atoms with Gasteiger partial charge in [0.05, 0.1) is 11.6 Å². The van der Waals surface area contributed by atoms with Gasteiger partial charge in [-0.25, -0.2) is 9.59 Å². The Morgan fingerprint density at radius 1 is 1.42 bits per heavy atom. The smallest absolute Gasteiger partial charge is 0.408 e. The molecule has 2 rings (SSSR count). The van der Waals surface area contributed by atoms with Crippen molar-refractivity contribution in [3.8, 4) is 6.07 Å². The fourth-order valence-corrected chi connectivity index (χ4v) is 2.29. The monoisotopic (exact) mass is 329 g/mol. The number of carboxylic acids is 1. The predicted octanol–water partition coefficient (Wildman–Crippen LogP) is 2.56. The number of rotatable bonds is 4. The summed E-state index contributed by atoms with van der Waals surface area (Å²) in [5.74, 6) is -1.16. The van der Waals surface area contributed by atoms with Crippen molar-refractivity contribution in [3.63, 3.8) is 0 Å². The van der Waals surface area contributed by atoms with Crippen LogP contribution in [0.1, 0.15) is 31.9 Å². The fraction of sp³-hybridized carbons (Fsp3) is 0.353. The van der Waals surface area contributed by atoms with E-state index in [4.69, 9.17) is 10.00 Å². The first-order chi connectivity index (χ1) is 11.2. The van der Waals surface area contributed by atoms with Gasteiger partial charge in [0.2, 0.25) is 0 Å². The Hall–Kier alpha value is -3.01. The zero-order valence-corrected chi connectivity index (χ0v) is 13.7. The second kappa shape index (κ2) is 6.62. The first-order valence-corrected chi connectivity index (χ1v) is 7.42. The summed E-state index contributed by atoms with van der Waals surface area (Å²) >= 11 is 0. The maximum absolute atomic E-state index is 11.8. The molecule has 1 amide bonds. The van der Waals surface area contributed by atoms with Crippen molar-refractivity contribution < 1.29 is 19.4 Å². The number of aromatic amines is 1. The topological polar surface area (TPSA) is 115 Å². The number of nitrogens with zero attached hydrogens (tertiary/aromatic N) is 1. The van der Waals surface area contributed by atoms with Crippen molar-refractivity contribution in [2.45, 2.75) is 38.8 Å². The number of carbonyl (C=O) groups excluding carboxylic acids is 1. The summed E-state index contributed by atoms with van der Waals surface area (Å²) in [6, 6.07) is 6.04. The minimum Gasteiger partial charge on any atom is -0.480 e. The van der Waals surface area contributed by atoms with Gasteiger partial charge in [0, 0.05) is 23.5 Å². The largest absolute Gasteiger partial charge is 0.480 e. The van der Waals surface area contributed by atoms with Gasteiger partial charge in [0.15, 0.2) is 0 Å². The van der Waals surface area contributed by atoms with Crippen molar-refractivity contribution in [2.75, 3.05) is 0 Å². The standard InChI is InChI=1S/C17H19N3O4/c1-17(2,3)24-16(23)20-14(15(21)22)7-11-9-19-13-5-4-10(8-18)6-12(11)13/h4-6,9,14,19H,7H2,1-3H3,(H,20,23)(H,21,22). The van der Waals surface area contributed by atoms with Crippen molar-refractivity contribution in [1.82, 2.24) is 10.3 Å². The Balaban J connectivity index is 2.21. The van der Waals surface area contributed by atoms with Crippen molar-refractivity contribution in [2.24, 2.45) is 0 Å². The molecule has 126 valence electrons. The lowest BCUT2D eigenvalue weighted by atomic mass is 10.0. The molecule has 7 nitrogen and oxygen atoms in total. The van der Waals surface area contributed by atoms with Crippen LogP contribution < -0.4 is 5.32 Å². The molecule has 1 heterocycles. The van der Waals surface area contributed by atoms with Gasteiger partial charge >= 0.3 is 12.1 Å². The number of ether oxygens (including phenoxy) is 1. The summed E-state index contributed by atoms with van der Waals surface area (Å²) in [6.45, 7) is 5.10. The van der Waals surface area contributed by atoms with Gasteiger partial charge in [0.25, 0.3) is 0 Å². The molecule has 3 N–H and O–H groups in total. The molecule has 1 aromatic carbocycles. The third-order valence-electron chi connectivity index (χ3n) is 3.31. The third kappa shape index (κ3) is 4.26. The highest BCUT2D eigenvalue weighted by molar-refractivity contribution is 5.86. The number of benzene rings is 1. The van der Waals surface area contributed by atoms with Crippen LogP contribution in [-0.2, 0) is 16.0 Å². The maximum atomic E-state index is 11.8. The van der Waals surface area contributed by atoms with E-state index in [-0.39, 0.29) is 6.42 Å². The first-order valence-electron chi connectivity index (χ1n) is 7.42. The molecule has 0 saturated heterocycles. The molecule has 0 spiro atoms. The van der Waals surface area contributed by atoms with E-state index < -0.39 is 23.7 Å². The summed E-state index contributed by atoms with van der Waals surface area (Å²) in [4.78, 5) is 26.3. The molecule has 1 atom stereocenters. The van der Waals surface area contributed by atoms with Gasteiger partial charge < -0.3 is 20.1 Å². The summed E-state index contributed by atoms with van der Waals surface area (Å²) in [7, 11) is 0. The number of hydrogen-bond acceptors (Lipinski definition) is 4. The lowest BCUT2D eigenvalue weighted by Crippen LogP contribution is -2.44. The van der Waals surface area contributed by atoms with Crippen LogP contribution >= 0.6 is 0 Å². The molecule has 0 aliphatic rings. The molecule has 0 aliphatic heterocycles. The van der Waals surface area contributed by atoms with E-state index in [0.717, 1.165) is 10.9 Å². The number of nitrogens with one attached hydrogen (secondary N) is 2. The van der Waals surface area contributed by atoms with Crippen LogP contribution in [-0.4, -0.2) is 33.8 Å². The number of aliphatic carboxylic acids is 1. The van der Waals surface area contributed by atoms with Crippen LogP contribution in [0.2, 0.25) is 0 Å². The fourth-order valence-electron chi connectivity index (χ4n) is 2.29. The van der Waals surface area contributed by atoms with Crippen LogP contribution in [0.5, 0.6) is 0 Å². The second-order valence-electron chi connectivity index (χ2n) is 6.43. The van der Waals surface area contributed by atoms with E-state index in [2.05, 4.69) is 16.4 Å². The average Bonchev–Trinajstić information content (AvgIpc) is 2.86. The van der Waals surface area contributed by atoms with Gasteiger partial charge in [-0.1, -0.05) is 0 Å². The number of H-pyrrole nitrogens is 1. The number of carbonyl (C=O) groups is 2. The molecule has 2 aromatic rings. The Morgan fingerprint density at radius 2 is 2.12 bits per heavy atom. The predicted molar refractivity (Wildman–Crippen MR) is 87.5 cm³/mol. The Bertz CT molecular complexity index is 811. The van der Waals surface area contributed by atoms with E-state index in [1.54, 1.807) is 45.2 Å². The molecule has 0 radical (unpaired) electrons. The van der Waals surface area contributed by atoms with E-state index in [0.29, 0.717) is 11.1 Å². The summed E-state index contributed by atoms with van der Waals surface area (Å²) in [5, 5.41) is 21.5. The van der Waals surface area contributed by atoms with Crippen LogP contribution in [0.15, 0.2) is 24.4 Å². The summed E-state index contributed by atoms with van der Waals surface area (Å²) < 4.78 is 5.10. The number of fused-ring (bicyclic) bond motifs is 1. The molecule has 1 aromatic heterocycles. The Labute approximate surface area is 139 Å². The van der Waals surface area contributed by atoms with E-state index in [1.807, 2.05) is 0 Å². The molecular weight excluding hydrogens is 310 g/mol. The van der Waals surface area contributed by atoms with Crippen LogP contribution in [0.4, 0.5) is 4.79 Å². The van der Waals surface area contributed by atoms with Crippen molar-refractivity contribution in [1.29, 1.82) is 5.26 Å². The highest BCUT2D eigenvalue weighted by Crippen LogP contribution is 2.21. The average molecular weight is 329 g/mol. The zero-order valence-electron chi connectivity index (χ0n) is 13.7. The van der Waals surface area contributed by atoms with Crippen LogP contribution in [0, 0.1) is 11.3 Å². The quantitative estimate of drug-likeness (QED) is 0.797. The van der Waals surface area contributed by atoms with Crippen LogP contribution in [0.25, 0.3) is 10.9 Å². The SMILES string of the molecule is CC(C)(C)OC(=O)NC(Cc1c[nH]c2ccc(C#N)cc12)C(=O)O. The molecule has 0 bridgehead atoms. The molecule has 0 saturated carbocycles. The number of carboxylic acid groups (broad SMARTS) is 1. The molecule has 7 heteroatoms. The highest BCUT2D eigenvalue weighted by Gasteiger charge is 2.25. The lowest BCUT2D eigenvalue weighted by molar-refractivity contribution is -0.139. The summed E-state index contributed by atoms with van der Waals surface area (Å²) in [5.41, 5.74) is 1.27. The number of alkyl carbamates (subject to hydrolysis) is 1. The lowest BCUT2D eigenvalue weighted by Gasteiger charge is -2.22. The van der Waals surface area contributed by atoms with E-state index in [1.165, 1.54) is 0 Å². The van der Waals surface area contributed by atoms with Crippen molar-refractivity contribution in [3.05, 3.63) is 35.5 Å². The third-order valence-corrected chi connectivity index (χ3v) is 3.31. The Morgan fingerprint density at radius 3 is 2.71 bits per heavy atom. The molecule has 0 fully saturated rings. The molecule has 0 aliphatic carbocycles. The molecule has 24 heavy (non-hydrogen) atoms. The van der Waals surface area contributed by atoms with Gasteiger partial charge in [-0.3, -0.25) is 0 Å². The highest BCUT2D eigenvalue weighted by atomic mass is 16.6. The minimum atomic E-state index is -1.16. The van der Waals surface area contributed by atoms with E-state index in [9.17, 15) is 14.7 Å². The molecule has 1 unspecified atom stereocenters.